The summed E-state index contributed by atoms with van der Waals surface area (Å²) in [6.45, 7) is 2.79. The Kier molecular flexibility index (Phi) is 7.50. The molecule has 14 heteroatoms. The highest BCUT2D eigenvalue weighted by Crippen LogP contribution is 2.54. The molecule has 3 heterocycles. The number of amides is 1. The highest BCUT2D eigenvalue weighted by molar-refractivity contribution is 7.92. The van der Waals surface area contributed by atoms with Crippen LogP contribution in [0.5, 0.6) is 0 Å². The SMILES string of the molecule is Cc1cc(NC(=O)c2c(N)cc(NS(=O)(=O)CCO)cc2N2CCC3(CC2)CC3)nc(N2CCC(F)(F)CC2)n1. The van der Waals surface area contributed by atoms with Crippen molar-refractivity contribution in [2.24, 2.45) is 5.41 Å². The lowest BCUT2D eigenvalue weighted by Crippen LogP contribution is -2.40. The van der Waals surface area contributed by atoms with Crippen molar-refractivity contribution in [1.82, 2.24) is 9.97 Å². The van der Waals surface area contributed by atoms with E-state index in [1.807, 2.05) is 4.90 Å². The van der Waals surface area contributed by atoms with Gasteiger partial charge in [0.1, 0.15) is 5.82 Å². The number of nitrogens with two attached hydrogens (primary N) is 1. The number of carbonyl (C=O) groups excluding carboxylic acids is 1. The number of hydrogen-bond acceptors (Lipinski definition) is 9. The Hall–Kier alpha value is -3.26. The number of alkyl halides is 2. The fourth-order valence-electron chi connectivity index (χ4n) is 5.42. The summed E-state index contributed by atoms with van der Waals surface area (Å²) in [7, 11) is -3.81. The molecule has 1 saturated carbocycles. The molecule has 40 heavy (non-hydrogen) atoms. The molecule has 1 aliphatic carbocycles. The number of piperidine rings is 2. The van der Waals surface area contributed by atoms with E-state index in [1.54, 1.807) is 24.0 Å². The molecule has 1 spiro atoms. The van der Waals surface area contributed by atoms with Gasteiger partial charge in [0, 0.05) is 56.5 Å². The minimum atomic E-state index is -3.81. The van der Waals surface area contributed by atoms with E-state index in [9.17, 15) is 22.0 Å². The fourth-order valence-corrected chi connectivity index (χ4v) is 6.24. The van der Waals surface area contributed by atoms with Crippen LogP contribution in [0.2, 0.25) is 0 Å². The zero-order valence-corrected chi connectivity index (χ0v) is 23.2. The summed E-state index contributed by atoms with van der Waals surface area (Å²) in [6, 6.07) is 4.56. The molecule has 1 aromatic heterocycles. The lowest BCUT2D eigenvalue weighted by atomic mass is 9.92. The quantitative estimate of drug-likeness (QED) is 0.346. The second-order valence-corrected chi connectivity index (χ2v) is 12.9. The van der Waals surface area contributed by atoms with E-state index < -0.39 is 34.2 Å². The normalized spacial score (nSPS) is 19.9. The predicted octanol–water partition coefficient (Wildman–Crippen LogP) is 2.97. The van der Waals surface area contributed by atoms with E-state index in [-0.39, 0.29) is 54.6 Å². The Morgan fingerprint density at radius 1 is 1.02 bits per heavy atom. The minimum absolute atomic E-state index is 0.0765. The molecular formula is C26H35F2N7O4S. The van der Waals surface area contributed by atoms with Crippen LogP contribution in [-0.4, -0.2) is 73.9 Å². The highest BCUT2D eigenvalue weighted by atomic mass is 32.2. The maximum atomic E-state index is 13.7. The first-order chi connectivity index (χ1) is 18.9. The van der Waals surface area contributed by atoms with Crippen LogP contribution in [0.15, 0.2) is 18.2 Å². The average molecular weight is 580 g/mol. The standard InChI is InChI=1S/C26H35F2N7O4S/c1-17-14-21(32-24(30-17)35-10-6-26(27,28)7-11-35)31-23(37)22-19(29)15-18(33-40(38,39)13-12-36)16-20(22)34-8-4-25(2-3-25)5-9-34/h14-16,33,36H,2-13,29H2,1H3,(H,30,31,32,37). The largest absolute Gasteiger partial charge is 0.398 e. The summed E-state index contributed by atoms with van der Waals surface area (Å²) < 4.78 is 54.4. The second-order valence-electron chi connectivity index (χ2n) is 11.1. The molecule has 1 amide bonds. The number of benzene rings is 1. The van der Waals surface area contributed by atoms with Gasteiger partial charge in [0.2, 0.25) is 16.0 Å². The maximum absolute atomic E-state index is 13.7. The lowest BCUT2D eigenvalue weighted by Gasteiger charge is -2.35. The number of nitrogens with zero attached hydrogens (tertiary/aromatic N) is 4. The molecule has 0 radical (unpaired) electrons. The van der Waals surface area contributed by atoms with Crippen LogP contribution in [0.1, 0.15) is 54.6 Å². The van der Waals surface area contributed by atoms with Gasteiger partial charge in [0.25, 0.3) is 11.8 Å². The van der Waals surface area contributed by atoms with Gasteiger partial charge in [-0.1, -0.05) is 0 Å². The summed E-state index contributed by atoms with van der Waals surface area (Å²) in [5.41, 5.74) is 8.26. The van der Waals surface area contributed by atoms with Gasteiger partial charge < -0.3 is 26.0 Å². The Morgan fingerprint density at radius 3 is 2.30 bits per heavy atom. The zero-order valence-electron chi connectivity index (χ0n) is 22.4. The molecular weight excluding hydrogens is 544 g/mol. The van der Waals surface area contributed by atoms with E-state index in [1.165, 1.54) is 18.9 Å². The number of nitrogen functional groups attached to an aromatic ring is 1. The molecule has 1 aromatic carbocycles. The van der Waals surface area contributed by atoms with E-state index >= 15 is 0 Å². The van der Waals surface area contributed by atoms with Gasteiger partial charge >= 0.3 is 0 Å². The number of aryl methyl sites for hydroxylation is 1. The van der Waals surface area contributed by atoms with Crippen molar-refractivity contribution in [2.45, 2.75) is 51.4 Å². The summed E-state index contributed by atoms with van der Waals surface area (Å²) in [5.74, 6) is -3.24. The summed E-state index contributed by atoms with van der Waals surface area (Å²) in [6.07, 6.45) is 3.74. The van der Waals surface area contributed by atoms with Crippen molar-refractivity contribution < 1.29 is 27.1 Å². The monoisotopic (exact) mass is 579 g/mol. The van der Waals surface area contributed by atoms with Crippen molar-refractivity contribution >= 4 is 44.8 Å². The molecule has 5 rings (SSSR count). The average Bonchev–Trinajstić information content (AvgIpc) is 3.61. The van der Waals surface area contributed by atoms with Crippen molar-refractivity contribution in [1.29, 1.82) is 0 Å². The fraction of sp³-hybridized carbons (Fsp3) is 0.577. The number of anilines is 5. The third-order valence-electron chi connectivity index (χ3n) is 7.99. The molecule has 0 bridgehead atoms. The molecule has 3 fully saturated rings. The zero-order chi connectivity index (χ0) is 28.7. The van der Waals surface area contributed by atoms with Crippen LogP contribution < -0.4 is 25.6 Å². The van der Waals surface area contributed by atoms with Gasteiger partial charge in [-0.25, -0.2) is 22.2 Å². The second kappa shape index (κ2) is 10.6. The molecule has 218 valence electrons. The summed E-state index contributed by atoms with van der Waals surface area (Å²) >= 11 is 0. The number of halogens is 2. The number of hydrogen-bond donors (Lipinski definition) is 4. The Labute approximate surface area is 232 Å². The number of rotatable bonds is 8. The Morgan fingerprint density at radius 2 is 1.68 bits per heavy atom. The third-order valence-corrected chi connectivity index (χ3v) is 9.26. The van der Waals surface area contributed by atoms with E-state index in [0.717, 1.165) is 12.8 Å². The number of carbonyl (C=O) groups is 1. The molecule has 0 unspecified atom stereocenters. The van der Waals surface area contributed by atoms with Gasteiger partial charge in [-0.3, -0.25) is 9.52 Å². The first kappa shape index (κ1) is 28.3. The maximum Gasteiger partial charge on any atom is 0.261 e. The van der Waals surface area contributed by atoms with E-state index in [0.29, 0.717) is 29.9 Å². The topological polar surface area (TPSA) is 154 Å². The molecule has 3 aliphatic rings. The third kappa shape index (κ3) is 6.38. The highest BCUT2D eigenvalue weighted by Gasteiger charge is 2.45. The smallest absolute Gasteiger partial charge is 0.261 e. The first-order valence-electron chi connectivity index (χ1n) is 13.5. The van der Waals surface area contributed by atoms with Crippen LogP contribution in [0.25, 0.3) is 0 Å². The van der Waals surface area contributed by atoms with Crippen molar-refractivity contribution in [3.63, 3.8) is 0 Å². The van der Waals surface area contributed by atoms with Gasteiger partial charge in [0.05, 0.1) is 29.3 Å². The lowest BCUT2D eigenvalue weighted by molar-refractivity contribution is -0.0222. The molecule has 2 aromatic rings. The van der Waals surface area contributed by atoms with Gasteiger partial charge in [-0.05, 0) is 50.2 Å². The van der Waals surface area contributed by atoms with E-state index in [4.69, 9.17) is 10.8 Å². The number of nitrogens with one attached hydrogen (secondary N) is 2. The van der Waals surface area contributed by atoms with Crippen molar-refractivity contribution in [2.75, 3.05) is 64.1 Å². The first-order valence-corrected chi connectivity index (χ1v) is 15.1. The Balaban J connectivity index is 1.43. The molecule has 5 N–H and O–H groups in total. The van der Waals surface area contributed by atoms with Gasteiger partial charge in [-0.15, -0.1) is 0 Å². The van der Waals surface area contributed by atoms with Crippen molar-refractivity contribution in [3.05, 3.63) is 29.5 Å². The van der Waals surface area contributed by atoms with Crippen LogP contribution in [-0.2, 0) is 10.0 Å². The minimum Gasteiger partial charge on any atom is -0.398 e. The number of sulfonamides is 1. The van der Waals surface area contributed by atoms with Crippen LogP contribution in [0.4, 0.5) is 37.6 Å². The van der Waals surface area contributed by atoms with Crippen LogP contribution in [0.3, 0.4) is 0 Å². The molecule has 11 nitrogen and oxygen atoms in total. The number of aromatic nitrogens is 2. The Bertz CT molecular complexity index is 1380. The van der Waals surface area contributed by atoms with Gasteiger partial charge in [0.15, 0.2) is 0 Å². The molecule has 2 aliphatic heterocycles. The van der Waals surface area contributed by atoms with E-state index in [2.05, 4.69) is 20.0 Å². The van der Waals surface area contributed by atoms with Crippen LogP contribution in [0, 0.1) is 12.3 Å². The molecule has 2 saturated heterocycles. The van der Waals surface area contributed by atoms with Crippen LogP contribution >= 0.6 is 0 Å². The van der Waals surface area contributed by atoms with Crippen molar-refractivity contribution in [3.8, 4) is 0 Å². The number of aliphatic hydroxyl groups excluding tert-OH is 1. The predicted molar refractivity (Wildman–Crippen MR) is 150 cm³/mol. The summed E-state index contributed by atoms with van der Waals surface area (Å²) in [5, 5.41) is 11.9. The number of aliphatic hydroxyl groups is 1. The molecule has 0 atom stereocenters. The summed E-state index contributed by atoms with van der Waals surface area (Å²) in [4.78, 5) is 26.2. The van der Waals surface area contributed by atoms with Gasteiger partial charge in [-0.2, -0.15) is 4.98 Å².